The number of ketones is 2. The Bertz CT molecular complexity index is 283. The van der Waals surface area contributed by atoms with Crippen molar-refractivity contribution in [3.05, 3.63) is 23.7 Å². The Morgan fingerprint density at radius 3 is 1.16 bits per heavy atom. The zero-order valence-electron chi connectivity index (χ0n) is 12.4. The van der Waals surface area contributed by atoms with Crippen LogP contribution in [-0.2, 0) is 13.4 Å². The molecule has 0 saturated heterocycles. The van der Waals surface area contributed by atoms with Crippen LogP contribution in [0.1, 0.15) is 41.5 Å². The van der Waals surface area contributed by atoms with Gasteiger partial charge in [0.2, 0.25) is 0 Å². The molecule has 0 atom stereocenters. The molecule has 0 aliphatic rings. The van der Waals surface area contributed by atoms with Gasteiger partial charge in [-0.25, -0.2) is 0 Å². The average Bonchev–Trinajstić information content (AvgIpc) is 2.14. The fourth-order valence-electron chi connectivity index (χ4n) is 0.572. The van der Waals surface area contributed by atoms with Crippen LogP contribution < -0.4 is 10.2 Å². The zero-order chi connectivity index (χ0) is 16.0. The zero-order valence-corrected chi connectivity index (χ0v) is 13.5. The van der Waals surface area contributed by atoms with Crippen LogP contribution in [0.25, 0.3) is 0 Å². The van der Waals surface area contributed by atoms with E-state index >= 15 is 0 Å². The molecule has 0 aromatic carbocycles. The van der Waals surface area contributed by atoms with Crippen molar-refractivity contribution in [1.82, 2.24) is 0 Å². The van der Waals surface area contributed by atoms with Gasteiger partial charge in [0.15, 0.2) is 11.6 Å². The van der Waals surface area contributed by atoms with Crippen LogP contribution in [0.4, 0.5) is 0 Å². The Morgan fingerprint density at radius 2 is 1.16 bits per heavy atom. The summed E-state index contributed by atoms with van der Waals surface area (Å²) >= 11 is 2.19. The third kappa shape index (κ3) is 47.3. The predicted octanol–water partition coefficient (Wildman–Crippen LogP) is 0.174. The van der Waals surface area contributed by atoms with Gasteiger partial charge in [-0.05, 0) is 26.0 Å². The van der Waals surface area contributed by atoms with Gasteiger partial charge >= 0.3 is 40.4 Å². The summed E-state index contributed by atoms with van der Waals surface area (Å²) in [4.78, 5) is 20.0. The summed E-state index contributed by atoms with van der Waals surface area (Å²) in [6.45, 7) is 9.35. The van der Waals surface area contributed by atoms with E-state index in [1.54, 1.807) is 0 Å². The fraction of sp³-hybridized carbons (Fsp3) is 0.538. The number of carbonyl (C=O) groups excluding carboxylic acids is 2. The van der Waals surface area contributed by atoms with Crippen LogP contribution in [0, 0.1) is 0 Å². The summed E-state index contributed by atoms with van der Waals surface area (Å²) in [7, 11) is 0. The van der Waals surface area contributed by atoms with E-state index in [9.17, 15) is 19.8 Å². The van der Waals surface area contributed by atoms with Crippen molar-refractivity contribution in [2.24, 2.45) is 0 Å². The molecular weight excluding hydrogens is 263 g/mol. The SMILES string of the molecule is CC(=O)/C=C(/C)[O-].CC(=O)/C=C(/C)[O-].CC(C)[O][Al+2]. The quantitative estimate of drug-likeness (QED) is 0.419. The molecule has 0 aromatic heterocycles. The van der Waals surface area contributed by atoms with Gasteiger partial charge in [0.05, 0.1) is 0 Å². The van der Waals surface area contributed by atoms with Crippen LogP contribution >= 0.6 is 0 Å². The van der Waals surface area contributed by atoms with Gasteiger partial charge in [-0.3, -0.25) is 9.59 Å². The van der Waals surface area contributed by atoms with Gasteiger partial charge < -0.3 is 10.2 Å². The van der Waals surface area contributed by atoms with Crippen LogP contribution in [-0.4, -0.2) is 34.3 Å². The number of hydrogen-bond donors (Lipinski definition) is 0. The molecule has 0 spiro atoms. The van der Waals surface area contributed by atoms with Crippen LogP contribution in [0.2, 0.25) is 0 Å². The number of allylic oxidation sites excluding steroid dienone is 4. The molecule has 0 radical (unpaired) electrons. The normalized spacial score (nSPS) is 11.0. The predicted molar refractivity (Wildman–Crippen MR) is 70.9 cm³/mol. The monoisotopic (exact) mass is 284 g/mol. The maximum atomic E-state index is 9.98. The fourth-order valence-corrected chi connectivity index (χ4v) is 0.572. The second-order valence-electron chi connectivity index (χ2n) is 3.92. The maximum absolute atomic E-state index is 9.98. The van der Waals surface area contributed by atoms with E-state index in [-0.39, 0.29) is 23.1 Å². The van der Waals surface area contributed by atoms with Gasteiger partial charge in [-0.15, -0.1) is 11.5 Å². The van der Waals surface area contributed by atoms with Gasteiger partial charge in [-0.1, -0.05) is 13.8 Å². The first-order valence-electron chi connectivity index (χ1n) is 5.60. The molecule has 0 aliphatic heterocycles. The molecule has 6 heteroatoms. The number of hydrogen-bond acceptors (Lipinski definition) is 5. The molecule has 0 N–H and O–H groups in total. The summed E-state index contributed by atoms with van der Waals surface area (Å²) in [5.74, 6) is -0.750. The molecule has 0 unspecified atom stereocenters. The van der Waals surface area contributed by atoms with Crippen LogP contribution in [0.5, 0.6) is 0 Å². The first kappa shape index (κ1) is 23.0. The third-order valence-electron chi connectivity index (χ3n) is 1.09. The van der Waals surface area contributed by atoms with E-state index in [0.29, 0.717) is 6.10 Å². The Labute approximate surface area is 123 Å². The van der Waals surface area contributed by atoms with Gasteiger partial charge in [0.25, 0.3) is 0 Å². The number of carbonyl (C=O) groups is 2. The molecule has 0 aliphatic carbocycles. The molecule has 106 valence electrons. The molecule has 0 fully saturated rings. The van der Waals surface area contributed by atoms with E-state index in [1.807, 2.05) is 13.8 Å². The van der Waals surface area contributed by atoms with E-state index in [2.05, 4.69) is 20.4 Å². The Balaban J connectivity index is -0.000000206. The van der Waals surface area contributed by atoms with Gasteiger partial charge in [0, 0.05) is 0 Å². The van der Waals surface area contributed by atoms with Crippen LogP contribution in [0.3, 0.4) is 0 Å². The van der Waals surface area contributed by atoms with Crippen LogP contribution in [0.15, 0.2) is 23.7 Å². The molecule has 0 saturated carbocycles. The Morgan fingerprint density at radius 1 is 0.947 bits per heavy atom. The second-order valence-corrected chi connectivity index (χ2v) is 4.19. The third-order valence-corrected chi connectivity index (χ3v) is 1.63. The van der Waals surface area contributed by atoms with Crippen molar-refractivity contribution in [2.75, 3.05) is 0 Å². The summed E-state index contributed by atoms with van der Waals surface area (Å²) in [5, 5.41) is 20.0. The van der Waals surface area contributed by atoms with Crippen molar-refractivity contribution in [2.45, 2.75) is 47.6 Å². The number of rotatable bonds is 3. The summed E-state index contributed by atoms with van der Waals surface area (Å²) in [6.07, 6.45) is 2.46. The summed E-state index contributed by atoms with van der Waals surface area (Å²) in [5.41, 5.74) is 0. The minimum absolute atomic E-state index is 0.187. The van der Waals surface area contributed by atoms with Gasteiger partial charge in [0.1, 0.15) is 0 Å². The van der Waals surface area contributed by atoms with Crippen molar-refractivity contribution in [3.8, 4) is 0 Å². The minimum atomic E-state index is -0.187. The van der Waals surface area contributed by atoms with E-state index in [0.717, 1.165) is 12.2 Å². The molecule has 5 nitrogen and oxygen atoms in total. The van der Waals surface area contributed by atoms with E-state index in [1.165, 1.54) is 27.7 Å². The summed E-state index contributed by atoms with van der Waals surface area (Å²) in [6, 6.07) is 0. The Kier molecular flexibility index (Phi) is 18.2. The second kappa shape index (κ2) is 15.0. The summed E-state index contributed by atoms with van der Waals surface area (Å²) < 4.78 is 4.67. The first-order chi connectivity index (χ1) is 8.52. The standard InChI is InChI=1S/2C5H8O2.C3H7O.Al/c2*1-4(6)3-5(2)7;1-3(2)4;/h2*3,6H,1-2H3;3H,1-2H3;/q;;-1;+3/p-2/b2*4-3-;;. The molecule has 0 rings (SSSR count). The molecule has 0 bridgehead atoms. The molecule has 19 heavy (non-hydrogen) atoms. The van der Waals surface area contributed by atoms with Crippen molar-refractivity contribution in [3.63, 3.8) is 0 Å². The van der Waals surface area contributed by atoms with E-state index < -0.39 is 0 Å². The topological polar surface area (TPSA) is 89.5 Å². The Hall–Kier alpha value is -1.09. The van der Waals surface area contributed by atoms with Crippen molar-refractivity contribution >= 4 is 28.2 Å². The average molecular weight is 284 g/mol. The molecule has 0 heterocycles. The first-order valence-corrected chi connectivity index (χ1v) is 6.07. The molecular formula is C13H21AlO5. The van der Waals surface area contributed by atoms with Crippen molar-refractivity contribution < 1.29 is 23.6 Å². The molecule has 0 aromatic rings. The van der Waals surface area contributed by atoms with Crippen molar-refractivity contribution in [1.29, 1.82) is 0 Å². The van der Waals surface area contributed by atoms with E-state index in [4.69, 9.17) is 0 Å². The van der Waals surface area contributed by atoms with Gasteiger partial charge in [-0.2, -0.15) is 0 Å². The molecule has 0 amide bonds.